The minimum Gasteiger partial charge on any atom is -0.491 e. The van der Waals surface area contributed by atoms with Crippen molar-refractivity contribution in [3.8, 4) is 5.75 Å². The van der Waals surface area contributed by atoms with Crippen LogP contribution in [0.15, 0.2) is 60.9 Å². The molecule has 1 atom stereocenters. The minimum atomic E-state index is -0.511. The van der Waals surface area contributed by atoms with E-state index in [-0.39, 0.29) is 0 Å². The van der Waals surface area contributed by atoms with Gasteiger partial charge >= 0.3 is 0 Å². The van der Waals surface area contributed by atoms with Gasteiger partial charge in [-0.2, -0.15) is 5.10 Å². The number of β-amino-alcohol motifs (C(OH)–C–C–N with tert-alkyl or cyclic N) is 1. The quantitative estimate of drug-likeness (QED) is 0.572. The highest BCUT2D eigenvalue weighted by atomic mass is 16.5. The van der Waals surface area contributed by atoms with E-state index < -0.39 is 6.10 Å². The van der Waals surface area contributed by atoms with Gasteiger partial charge in [0, 0.05) is 51.5 Å². The van der Waals surface area contributed by atoms with E-state index in [0.717, 1.165) is 49.5 Å². The largest absolute Gasteiger partial charge is 0.491 e. The summed E-state index contributed by atoms with van der Waals surface area (Å²) < 4.78 is 7.67. The molecule has 1 unspecified atom stereocenters. The van der Waals surface area contributed by atoms with Crippen LogP contribution >= 0.6 is 0 Å². The van der Waals surface area contributed by atoms with Crippen molar-refractivity contribution in [1.82, 2.24) is 20.0 Å². The smallest absolute Gasteiger partial charge is 0.119 e. The number of nitrogens with zero attached hydrogens (tertiary/aromatic N) is 3. The standard InChI is InChI=1S/C24H30N4O2/c1-27-15-20(14-26-27)13-25-12-19-5-4-8-24(11-19)30-18-23(29)17-28-10-9-21-6-2-3-7-22(21)16-28/h2-8,11,14-15,23,25,29H,9-10,12-13,16-18H2,1H3. The molecule has 6 nitrogen and oxygen atoms in total. The van der Waals surface area contributed by atoms with Crippen molar-refractivity contribution in [2.24, 2.45) is 7.05 Å². The van der Waals surface area contributed by atoms with E-state index in [1.807, 2.05) is 37.6 Å². The number of hydrogen-bond donors (Lipinski definition) is 2. The summed E-state index contributed by atoms with van der Waals surface area (Å²) in [6.07, 6.45) is 4.41. The van der Waals surface area contributed by atoms with Gasteiger partial charge in [0.1, 0.15) is 18.5 Å². The summed E-state index contributed by atoms with van der Waals surface area (Å²) in [5.41, 5.74) is 5.10. The fourth-order valence-electron chi connectivity index (χ4n) is 3.91. The molecule has 4 rings (SSSR count). The molecule has 158 valence electrons. The first kappa shape index (κ1) is 20.6. The van der Waals surface area contributed by atoms with Crippen molar-refractivity contribution in [1.29, 1.82) is 0 Å². The molecule has 0 aliphatic carbocycles. The number of hydrogen-bond acceptors (Lipinski definition) is 5. The molecule has 0 spiro atoms. The molecule has 2 aromatic carbocycles. The number of ether oxygens (including phenoxy) is 1. The van der Waals surface area contributed by atoms with E-state index in [0.29, 0.717) is 13.2 Å². The fraction of sp³-hybridized carbons (Fsp3) is 0.375. The van der Waals surface area contributed by atoms with E-state index in [1.165, 1.54) is 11.1 Å². The van der Waals surface area contributed by atoms with Gasteiger partial charge in [-0.15, -0.1) is 0 Å². The highest BCUT2D eigenvalue weighted by Gasteiger charge is 2.18. The summed E-state index contributed by atoms with van der Waals surface area (Å²) in [5, 5.41) is 18.1. The average molecular weight is 407 g/mol. The Bertz CT molecular complexity index is 956. The lowest BCUT2D eigenvalue weighted by molar-refractivity contribution is 0.0637. The summed E-state index contributed by atoms with van der Waals surface area (Å²) in [7, 11) is 1.92. The van der Waals surface area contributed by atoms with Crippen LogP contribution in [0.1, 0.15) is 22.3 Å². The van der Waals surface area contributed by atoms with E-state index in [2.05, 4.69) is 45.6 Å². The van der Waals surface area contributed by atoms with Gasteiger partial charge < -0.3 is 15.2 Å². The molecule has 0 fully saturated rings. The predicted molar refractivity (Wildman–Crippen MR) is 117 cm³/mol. The molecule has 0 amide bonds. The average Bonchev–Trinajstić information content (AvgIpc) is 3.17. The topological polar surface area (TPSA) is 62.6 Å². The Morgan fingerprint density at radius 2 is 1.93 bits per heavy atom. The molecule has 3 aromatic rings. The molecule has 1 aliphatic heterocycles. The Kier molecular flexibility index (Phi) is 6.79. The molecule has 0 radical (unpaired) electrons. The molecular weight excluding hydrogens is 376 g/mol. The SMILES string of the molecule is Cn1cc(CNCc2cccc(OCC(O)CN3CCc4ccccc4C3)c2)cn1. The van der Waals surface area contributed by atoms with Crippen LogP contribution in [0.5, 0.6) is 5.75 Å². The van der Waals surface area contributed by atoms with E-state index in [4.69, 9.17) is 4.74 Å². The van der Waals surface area contributed by atoms with Gasteiger partial charge in [-0.25, -0.2) is 0 Å². The number of nitrogens with one attached hydrogen (secondary N) is 1. The van der Waals surface area contributed by atoms with Gasteiger partial charge in [0.2, 0.25) is 0 Å². The van der Waals surface area contributed by atoms with Crippen LogP contribution in [0.2, 0.25) is 0 Å². The molecule has 6 heteroatoms. The lowest BCUT2D eigenvalue weighted by Crippen LogP contribution is -2.38. The summed E-state index contributed by atoms with van der Waals surface area (Å²) in [6, 6.07) is 16.6. The van der Waals surface area contributed by atoms with Crippen LogP contribution in [-0.4, -0.2) is 45.6 Å². The van der Waals surface area contributed by atoms with Crippen LogP contribution in [0.3, 0.4) is 0 Å². The Morgan fingerprint density at radius 1 is 1.10 bits per heavy atom. The van der Waals surface area contributed by atoms with Gasteiger partial charge in [0.15, 0.2) is 0 Å². The Labute approximate surface area is 178 Å². The molecule has 0 bridgehead atoms. The number of rotatable bonds is 9. The first-order valence-corrected chi connectivity index (χ1v) is 10.5. The summed E-state index contributed by atoms with van der Waals surface area (Å²) in [4.78, 5) is 2.30. The van der Waals surface area contributed by atoms with Crippen molar-refractivity contribution < 1.29 is 9.84 Å². The maximum Gasteiger partial charge on any atom is 0.119 e. The Hall–Kier alpha value is -2.67. The third kappa shape index (κ3) is 5.69. The predicted octanol–water partition coefficient (Wildman–Crippen LogP) is 2.51. The van der Waals surface area contributed by atoms with Gasteiger partial charge in [-0.05, 0) is 35.2 Å². The fourth-order valence-corrected chi connectivity index (χ4v) is 3.91. The van der Waals surface area contributed by atoms with E-state index >= 15 is 0 Å². The Balaban J connectivity index is 1.21. The zero-order valence-electron chi connectivity index (χ0n) is 17.5. The minimum absolute atomic E-state index is 0.296. The summed E-state index contributed by atoms with van der Waals surface area (Å²) in [6.45, 7) is 4.32. The monoisotopic (exact) mass is 406 g/mol. The third-order valence-corrected chi connectivity index (χ3v) is 5.44. The van der Waals surface area contributed by atoms with E-state index in [1.54, 1.807) is 4.68 Å². The molecular formula is C24H30N4O2. The van der Waals surface area contributed by atoms with Crippen LogP contribution in [0, 0.1) is 0 Å². The van der Waals surface area contributed by atoms with E-state index in [9.17, 15) is 5.11 Å². The third-order valence-electron chi connectivity index (χ3n) is 5.44. The van der Waals surface area contributed by atoms with Crippen LogP contribution in [-0.2, 0) is 33.1 Å². The van der Waals surface area contributed by atoms with Gasteiger partial charge in [0.05, 0.1) is 6.20 Å². The molecule has 0 saturated heterocycles. The number of aryl methyl sites for hydroxylation is 1. The summed E-state index contributed by atoms with van der Waals surface area (Å²) >= 11 is 0. The highest BCUT2D eigenvalue weighted by Crippen LogP contribution is 2.19. The lowest BCUT2D eigenvalue weighted by Gasteiger charge is -2.30. The second-order valence-corrected chi connectivity index (χ2v) is 7.99. The van der Waals surface area contributed by atoms with Crippen LogP contribution < -0.4 is 10.1 Å². The van der Waals surface area contributed by atoms with Gasteiger partial charge in [-0.3, -0.25) is 9.58 Å². The van der Waals surface area contributed by atoms with Crippen LogP contribution in [0.25, 0.3) is 0 Å². The first-order valence-electron chi connectivity index (χ1n) is 10.5. The van der Waals surface area contributed by atoms with Crippen molar-refractivity contribution in [2.75, 3.05) is 19.7 Å². The molecule has 30 heavy (non-hydrogen) atoms. The van der Waals surface area contributed by atoms with Gasteiger partial charge in [0.25, 0.3) is 0 Å². The highest BCUT2D eigenvalue weighted by molar-refractivity contribution is 5.29. The number of aliphatic hydroxyl groups is 1. The molecule has 1 aliphatic rings. The molecule has 0 saturated carbocycles. The van der Waals surface area contributed by atoms with Crippen molar-refractivity contribution >= 4 is 0 Å². The van der Waals surface area contributed by atoms with Crippen LogP contribution in [0.4, 0.5) is 0 Å². The zero-order chi connectivity index (χ0) is 20.8. The van der Waals surface area contributed by atoms with Crippen molar-refractivity contribution in [2.45, 2.75) is 32.2 Å². The maximum atomic E-state index is 10.5. The lowest BCUT2D eigenvalue weighted by atomic mass is 10.00. The van der Waals surface area contributed by atoms with Gasteiger partial charge in [-0.1, -0.05) is 36.4 Å². The second kappa shape index (κ2) is 9.89. The molecule has 2 heterocycles. The van der Waals surface area contributed by atoms with Crippen molar-refractivity contribution in [3.05, 3.63) is 83.2 Å². The molecule has 1 aromatic heterocycles. The maximum absolute atomic E-state index is 10.5. The second-order valence-electron chi connectivity index (χ2n) is 7.99. The number of aromatic nitrogens is 2. The number of aliphatic hydroxyl groups excluding tert-OH is 1. The number of fused-ring (bicyclic) bond motifs is 1. The normalized spacial score (nSPS) is 15.0. The Morgan fingerprint density at radius 3 is 2.77 bits per heavy atom. The molecule has 2 N–H and O–H groups in total. The first-order chi connectivity index (χ1) is 14.7. The summed E-state index contributed by atoms with van der Waals surface area (Å²) in [5.74, 6) is 0.790. The number of benzene rings is 2. The van der Waals surface area contributed by atoms with Crippen molar-refractivity contribution in [3.63, 3.8) is 0 Å². The zero-order valence-corrected chi connectivity index (χ0v) is 17.5.